The summed E-state index contributed by atoms with van der Waals surface area (Å²) < 4.78 is 7.10. The van der Waals surface area contributed by atoms with Crippen molar-refractivity contribution in [3.8, 4) is 17.1 Å². The smallest absolute Gasteiger partial charge is 0.337 e. The summed E-state index contributed by atoms with van der Waals surface area (Å²) in [6.45, 7) is 9.38. The van der Waals surface area contributed by atoms with Crippen molar-refractivity contribution < 1.29 is 9.53 Å². The summed E-state index contributed by atoms with van der Waals surface area (Å²) in [7, 11) is 1.40. The molecule has 168 valence electrons. The second-order valence-electron chi connectivity index (χ2n) is 10.3. The number of aromatic nitrogens is 2. The summed E-state index contributed by atoms with van der Waals surface area (Å²) in [5, 5.41) is 0. The molecule has 1 heterocycles. The van der Waals surface area contributed by atoms with Gasteiger partial charge in [-0.1, -0.05) is 58.0 Å². The van der Waals surface area contributed by atoms with Crippen LogP contribution in [-0.2, 0) is 15.6 Å². The normalized spacial score (nSPS) is 16.4. The van der Waals surface area contributed by atoms with Crippen molar-refractivity contribution >= 4 is 17.0 Å². The van der Waals surface area contributed by atoms with Crippen molar-refractivity contribution in [3.63, 3.8) is 0 Å². The molecule has 0 amide bonds. The van der Waals surface area contributed by atoms with E-state index in [-0.39, 0.29) is 16.8 Å². The lowest BCUT2D eigenvalue weighted by atomic mass is 9.63. The molecule has 1 aliphatic carbocycles. The van der Waals surface area contributed by atoms with E-state index in [4.69, 9.17) is 9.72 Å². The highest BCUT2D eigenvalue weighted by atomic mass is 16.5. The minimum Gasteiger partial charge on any atom is -0.465 e. The van der Waals surface area contributed by atoms with Gasteiger partial charge in [-0.3, -0.25) is 4.57 Å². The van der Waals surface area contributed by atoms with E-state index in [1.54, 1.807) is 12.1 Å². The molecular weight excluding hydrogens is 408 g/mol. The molecule has 1 aliphatic rings. The zero-order chi connectivity index (χ0) is 23.4. The minimum atomic E-state index is -0.338. The topological polar surface area (TPSA) is 44.1 Å². The molecule has 0 radical (unpaired) electrons. The predicted molar refractivity (Wildman–Crippen MR) is 133 cm³/mol. The Morgan fingerprint density at radius 3 is 2.09 bits per heavy atom. The van der Waals surface area contributed by atoms with Gasteiger partial charge in [0.05, 0.1) is 23.7 Å². The van der Waals surface area contributed by atoms with Gasteiger partial charge in [-0.2, -0.15) is 0 Å². The molecule has 1 aromatic heterocycles. The molecule has 33 heavy (non-hydrogen) atoms. The number of fused-ring (bicyclic) bond motifs is 2. The number of imidazole rings is 1. The van der Waals surface area contributed by atoms with Gasteiger partial charge < -0.3 is 4.74 Å². The summed E-state index contributed by atoms with van der Waals surface area (Å²) in [5.74, 6) is 0.529. The molecule has 4 nitrogen and oxygen atoms in total. The first-order chi connectivity index (χ1) is 15.7. The van der Waals surface area contributed by atoms with Gasteiger partial charge in [0.25, 0.3) is 0 Å². The first kappa shape index (κ1) is 21.4. The monoisotopic (exact) mass is 438 g/mol. The molecule has 0 bridgehead atoms. The Hall–Kier alpha value is -3.40. The second-order valence-corrected chi connectivity index (χ2v) is 10.3. The Balaban J connectivity index is 1.79. The highest BCUT2D eigenvalue weighted by molar-refractivity contribution is 5.90. The lowest BCUT2D eigenvalue weighted by Gasteiger charge is -2.41. The van der Waals surface area contributed by atoms with Gasteiger partial charge in [0.15, 0.2) is 0 Å². The molecule has 4 aromatic rings. The number of esters is 1. The number of hydrogen-bond donors (Lipinski definition) is 0. The highest BCUT2D eigenvalue weighted by Crippen LogP contribution is 2.47. The van der Waals surface area contributed by atoms with Crippen molar-refractivity contribution in [2.75, 3.05) is 7.11 Å². The molecule has 0 unspecified atom stereocenters. The first-order valence-electron chi connectivity index (χ1n) is 11.5. The number of nitrogens with zero attached hydrogens (tertiary/aromatic N) is 2. The molecule has 5 rings (SSSR count). The molecule has 0 spiro atoms. The van der Waals surface area contributed by atoms with E-state index in [9.17, 15) is 4.79 Å². The zero-order valence-electron chi connectivity index (χ0n) is 20.0. The average Bonchev–Trinajstić information content (AvgIpc) is 3.20. The quantitative estimate of drug-likeness (QED) is 0.329. The third-order valence-electron chi connectivity index (χ3n) is 7.21. The molecule has 0 fully saturated rings. The Morgan fingerprint density at radius 1 is 0.879 bits per heavy atom. The van der Waals surface area contributed by atoms with E-state index in [0.29, 0.717) is 5.56 Å². The highest BCUT2D eigenvalue weighted by Gasteiger charge is 2.38. The van der Waals surface area contributed by atoms with E-state index in [0.717, 1.165) is 28.1 Å². The number of rotatable bonds is 3. The first-order valence-corrected chi connectivity index (χ1v) is 11.5. The van der Waals surface area contributed by atoms with Crippen LogP contribution in [0.5, 0.6) is 0 Å². The zero-order valence-corrected chi connectivity index (χ0v) is 20.0. The van der Waals surface area contributed by atoms with Gasteiger partial charge in [0.2, 0.25) is 0 Å². The fourth-order valence-electron chi connectivity index (χ4n) is 5.04. The van der Waals surface area contributed by atoms with Crippen molar-refractivity contribution in [1.29, 1.82) is 0 Å². The number of hydrogen-bond acceptors (Lipinski definition) is 3. The number of carbonyl (C=O) groups is 1. The number of carbonyl (C=O) groups excluding carboxylic acids is 1. The van der Waals surface area contributed by atoms with E-state index < -0.39 is 0 Å². The second kappa shape index (κ2) is 7.58. The van der Waals surface area contributed by atoms with Gasteiger partial charge in [0.1, 0.15) is 5.82 Å². The van der Waals surface area contributed by atoms with Crippen molar-refractivity contribution in [3.05, 3.63) is 83.4 Å². The lowest BCUT2D eigenvalue weighted by Crippen LogP contribution is -2.33. The van der Waals surface area contributed by atoms with Gasteiger partial charge in [-0.05, 0) is 71.2 Å². The fraction of sp³-hybridized carbons (Fsp3) is 0.310. The summed E-state index contributed by atoms with van der Waals surface area (Å²) in [6.07, 6.45) is 2.33. The van der Waals surface area contributed by atoms with Gasteiger partial charge in [-0.15, -0.1) is 0 Å². The molecule has 0 aliphatic heterocycles. The number of benzene rings is 3. The van der Waals surface area contributed by atoms with Crippen LogP contribution in [0.2, 0.25) is 0 Å². The maximum atomic E-state index is 11.9. The van der Waals surface area contributed by atoms with E-state index >= 15 is 0 Å². The lowest BCUT2D eigenvalue weighted by molar-refractivity contribution is 0.0600. The number of ether oxygens (including phenoxy) is 1. The summed E-state index contributed by atoms with van der Waals surface area (Å²) in [4.78, 5) is 17.0. The Bertz CT molecular complexity index is 1350. The van der Waals surface area contributed by atoms with Crippen LogP contribution < -0.4 is 0 Å². The van der Waals surface area contributed by atoms with E-state index in [1.807, 2.05) is 18.2 Å². The average molecular weight is 439 g/mol. The van der Waals surface area contributed by atoms with Gasteiger partial charge in [0, 0.05) is 11.3 Å². The van der Waals surface area contributed by atoms with Crippen LogP contribution in [0, 0.1) is 0 Å². The largest absolute Gasteiger partial charge is 0.465 e. The summed E-state index contributed by atoms with van der Waals surface area (Å²) in [5.41, 5.74) is 7.72. The fourth-order valence-corrected chi connectivity index (χ4v) is 5.04. The number of para-hydroxylation sites is 1. The van der Waals surface area contributed by atoms with Crippen molar-refractivity contribution in [2.45, 2.75) is 51.4 Å². The van der Waals surface area contributed by atoms with Crippen LogP contribution in [-0.4, -0.2) is 22.6 Å². The SMILES string of the molecule is COC(=O)c1ccc(-c2nc3cc4c(cc3n2-c2ccccc2)C(C)(C)CCC4(C)C)cc1. The molecule has 0 saturated heterocycles. The number of methoxy groups -OCH3 is 1. The molecule has 0 N–H and O–H groups in total. The maximum absolute atomic E-state index is 11.9. The van der Waals surface area contributed by atoms with E-state index in [1.165, 1.54) is 31.1 Å². The third-order valence-corrected chi connectivity index (χ3v) is 7.21. The van der Waals surface area contributed by atoms with Crippen molar-refractivity contribution in [1.82, 2.24) is 9.55 Å². The minimum absolute atomic E-state index is 0.118. The molecule has 4 heteroatoms. The van der Waals surface area contributed by atoms with Crippen LogP contribution in [0.25, 0.3) is 28.1 Å². The van der Waals surface area contributed by atoms with Crippen molar-refractivity contribution in [2.24, 2.45) is 0 Å². The van der Waals surface area contributed by atoms with Gasteiger partial charge in [-0.25, -0.2) is 9.78 Å². The molecule has 0 atom stereocenters. The standard InChI is InChI=1S/C29H30N2O2/c1-28(2)15-16-29(3,4)23-18-25-24(17-22(23)28)30-26(31(25)21-9-7-6-8-10-21)19-11-13-20(14-12-19)27(32)33-5/h6-14,17-18H,15-16H2,1-5H3. The maximum Gasteiger partial charge on any atom is 0.337 e. The Labute approximate surface area is 195 Å². The van der Waals surface area contributed by atoms with Crippen LogP contribution in [0.4, 0.5) is 0 Å². The predicted octanol–water partition coefficient (Wildman–Crippen LogP) is 6.83. The summed E-state index contributed by atoms with van der Waals surface area (Å²) in [6, 6.07) is 22.5. The van der Waals surface area contributed by atoms with Crippen LogP contribution >= 0.6 is 0 Å². The van der Waals surface area contributed by atoms with Gasteiger partial charge >= 0.3 is 5.97 Å². The third kappa shape index (κ3) is 3.54. The van der Waals surface area contributed by atoms with Crippen LogP contribution in [0.3, 0.4) is 0 Å². The van der Waals surface area contributed by atoms with Crippen LogP contribution in [0.1, 0.15) is 62.0 Å². The molecule has 3 aromatic carbocycles. The molecular formula is C29H30N2O2. The Kier molecular flexibility index (Phi) is 4.93. The van der Waals surface area contributed by atoms with E-state index in [2.05, 4.69) is 68.7 Å². The molecule has 0 saturated carbocycles. The van der Waals surface area contributed by atoms with Crippen LogP contribution in [0.15, 0.2) is 66.7 Å². The summed E-state index contributed by atoms with van der Waals surface area (Å²) >= 11 is 0. The Morgan fingerprint density at radius 2 is 1.48 bits per heavy atom.